The average molecular weight is 371 g/mol. The molecule has 2 aliphatic rings. The van der Waals surface area contributed by atoms with Crippen molar-refractivity contribution in [1.29, 1.82) is 0 Å². The van der Waals surface area contributed by atoms with E-state index in [1.807, 2.05) is 25.1 Å². The van der Waals surface area contributed by atoms with Crippen LogP contribution in [0, 0.1) is 6.92 Å². The van der Waals surface area contributed by atoms with Gasteiger partial charge in [0.1, 0.15) is 11.9 Å². The van der Waals surface area contributed by atoms with E-state index in [1.54, 1.807) is 0 Å². The number of carbonyl (C=O) groups excluding carboxylic acids is 1. The molecule has 1 unspecified atom stereocenters. The maximum absolute atomic E-state index is 12.3. The van der Waals surface area contributed by atoms with Crippen molar-refractivity contribution in [2.24, 2.45) is 0 Å². The average Bonchev–Trinajstić information content (AvgIpc) is 3.27. The number of nitrogens with one attached hydrogen (secondary N) is 1. The van der Waals surface area contributed by atoms with Gasteiger partial charge in [0, 0.05) is 32.6 Å². The highest BCUT2D eigenvalue weighted by Gasteiger charge is 2.24. The first-order valence-corrected chi connectivity index (χ1v) is 9.41. The Labute approximate surface area is 158 Å². The van der Waals surface area contributed by atoms with Crippen molar-refractivity contribution < 1.29 is 14.1 Å². The summed E-state index contributed by atoms with van der Waals surface area (Å²) in [6.07, 6.45) is 0.880. The van der Waals surface area contributed by atoms with Gasteiger partial charge < -0.3 is 14.6 Å². The minimum Gasteiger partial charge on any atom is -0.488 e. The Morgan fingerprint density at radius 3 is 2.74 bits per heavy atom. The summed E-state index contributed by atoms with van der Waals surface area (Å²) in [5.74, 6) is 2.30. The van der Waals surface area contributed by atoms with Crippen molar-refractivity contribution in [3.63, 3.8) is 0 Å². The van der Waals surface area contributed by atoms with Gasteiger partial charge in [0.05, 0.1) is 19.6 Å². The number of ether oxygens (including phenoxy) is 1. The number of rotatable bonds is 6. The second-order valence-electron chi connectivity index (χ2n) is 7.14. The number of fused-ring (bicyclic) bond motifs is 1. The van der Waals surface area contributed by atoms with Gasteiger partial charge in [-0.1, -0.05) is 23.4 Å². The Morgan fingerprint density at radius 1 is 1.22 bits per heavy atom. The van der Waals surface area contributed by atoms with Gasteiger partial charge in [-0.2, -0.15) is 4.98 Å². The Morgan fingerprint density at radius 2 is 2.00 bits per heavy atom. The van der Waals surface area contributed by atoms with Crippen molar-refractivity contribution in [3.05, 3.63) is 41.5 Å². The van der Waals surface area contributed by atoms with Gasteiger partial charge in [-0.15, -0.1) is 0 Å². The molecule has 0 spiro atoms. The molecule has 0 aliphatic carbocycles. The van der Waals surface area contributed by atoms with Gasteiger partial charge in [0.15, 0.2) is 5.82 Å². The molecule has 0 bridgehead atoms. The van der Waals surface area contributed by atoms with Gasteiger partial charge in [0.2, 0.25) is 11.8 Å². The fourth-order valence-electron chi connectivity index (χ4n) is 3.56. The van der Waals surface area contributed by atoms with E-state index in [2.05, 4.69) is 31.3 Å². The van der Waals surface area contributed by atoms with Crippen molar-refractivity contribution in [2.75, 3.05) is 39.3 Å². The van der Waals surface area contributed by atoms with Crippen molar-refractivity contribution in [3.8, 4) is 5.75 Å². The molecule has 4 rings (SSSR count). The zero-order valence-electron chi connectivity index (χ0n) is 15.6. The van der Waals surface area contributed by atoms with E-state index < -0.39 is 0 Å². The van der Waals surface area contributed by atoms with E-state index >= 15 is 0 Å². The number of carbonyl (C=O) groups is 1. The van der Waals surface area contributed by atoms with Crippen LogP contribution in [0.1, 0.15) is 17.3 Å². The number of piperazine rings is 1. The molecule has 144 valence electrons. The summed E-state index contributed by atoms with van der Waals surface area (Å²) in [6.45, 7) is 6.93. The number of benzene rings is 1. The molecule has 1 aromatic carbocycles. The molecule has 2 aromatic rings. The first-order chi connectivity index (χ1) is 13.2. The smallest absolute Gasteiger partial charge is 0.240 e. The Kier molecular flexibility index (Phi) is 5.35. The van der Waals surface area contributed by atoms with Crippen LogP contribution < -0.4 is 10.1 Å². The quantitative estimate of drug-likeness (QED) is 0.797. The van der Waals surface area contributed by atoms with Gasteiger partial charge in [-0.3, -0.25) is 14.6 Å². The van der Waals surface area contributed by atoms with E-state index in [1.165, 1.54) is 5.56 Å². The molecule has 1 atom stereocenters. The lowest BCUT2D eigenvalue weighted by Crippen LogP contribution is -2.49. The van der Waals surface area contributed by atoms with Crippen molar-refractivity contribution >= 4 is 5.91 Å². The van der Waals surface area contributed by atoms with Crippen LogP contribution in [0.15, 0.2) is 28.8 Å². The lowest BCUT2D eigenvalue weighted by Gasteiger charge is -2.33. The van der Waals surface area contributed by atoms with Gasteiger partial charge >= 0.3 is 0 Å². The summed E-state index contributed by atoms with van der Waals surface area (Å²) in [5.41, 5.74) is 1.21. The van der Waals surface area contributed by atoms with Crippen LogP contribution in [0.5, 0.6) is 5.75 Å². The van der Waals surface area contributed by atoms with Gasteiger partial charge in [0.25, 0.3) is 0 Å². The molecule has 1 aromatic heterocycles. The molecule has 27 heavy (non-hydrogen) atoms. The summed E-state index contributed by atoms with van der Waals surface area (Å²) in [6, 6.07) is 8.04. The van der Waals surface area contributed by atoms with Crippen LogP contribution in [0.2, 0.25) is 0 Å². The standard InChI is InChI=1S/C19H25N5O3/c1-14-21-19(27-22-14)13-24-8-6-23(7-9-24)12-18(25)20-11-16-10-15-4-2-3-5-17(15)26-16/h2-5,16H,6-13H2,1H3,(H,20,25). The van der Waals surface area contributed by atoms with Crippen LogP contribution in [-0.2, 0) is 17.8 Å². The Hall–Kier alpha value is -2.45. The third kappa shape index (κ3) is 4.64. The summed E-state index contributed by atoms with van der Waals surface area (Å²) in [4.78, 5) is 20.9. The number of nitrogens with zero attached hydrogens (tertiary/aromatic N) is 4. The molecule has 3 heterocycles. The minimum absolute atomic E-state index is 0.0288. The van der Waals surface area contributed by atoms with Crippen LogP contribution in [0.25, 0.3) is 0 Å². The second kappa shape index (κ2) is 8.06. The first kappa shape index (κ1) is 17.9. The molecule has 0 radical (unpaired) electrons. The number of hydrogen-bond donors (Lipinski definition) is 1. The zero-order valence-corrected chi connectivity index (χ0v) is 15.6. The predicted molar refractivity (Wildman–Crippen MR) is 98.3 cm³/mol. The van der Waals surface area contributed by atoms with Crippen LogP contribution in [-0.4, -0.2) is 71.2 Å². The Bertz CT molecular complexity index is 760. The highest BCUT2D eigenvalue weighted by molar-refractivity contribution is 5.78. The van der Waals surface area contributed by atoms with E-state index in [4.69, 9.17) is 9.26 Å². The van der Waals surface area contributed by atoms with E-state index in [0.29, 0.717) is 31.3 Å². The third-order valence-corrected chi connectivity index (χ3v) is 5.00. The lowest BCUT2D eigenvalue weighted by molar-refractivity contribution is -0.123. The second-order valence-corrected chi connectivity index (χ2v) is 7.14. The molecule has 8 nitrogen and oxygen atoms in total. The fourth-order valence-corrected chi connectivity index (χ4v) is 3.56. The van der Waals surface area contributed by atoms with Crippen LogP contribution >= 0.6 is 0 Å². The molecule has 0 saturated carbocycles. The minimum atomic E-state index is 0.0288. The number of aromatic nitrogens is 2. The number of para-hydroxylation sites is 1. The highest BCUT2D eigenvalue weighted by atomic mass is 16.5. The van der Waals surface area contributed by atoms with Crippen LogP contribution in [0.3, 0.4) is 0 Å². The van der Waals surface area contributed by atoms with Crippen molar-refractivity contribution in [1.82, 2.24) is 25.3 Å². The zero-order chi connectivity index (χ0) is 18.6. The fraction of sp³-hybridized carbons (Fsp3) is 0.526. The molecule has 1 saturated heterocycles. The normalized spacial score (nSPS) is 20.3. The number of hydrogen-bond acceptors (Lipinski definition) is 7. The molecule has 1 amide bonds. The lowest BCUT2D eigenvalue weighted by atomic mass is 10.1. The first-order valence-electron chi connectivity index (χ1n) is 9.41. The third-order valence-electron chi connectivity index (χ3n) is 5.00. The summed E-state index contributed by atoms with van der Waals surface area (Å²) in [7, 11) is 0. The molecular formula is C19H25N5O3. The van der Waals surface area contributed by atoms with E-state index in [-0.39, 0.29) is 12.0 Å². The van der Waals surface area contributed by atoms with Gasteiger partial charge in [-0.05, 0) is 18.6 Å². The molecular weight excluding hydrogens is 346 g/mol. The number of aryl methyl sites for hydroxylation is 1. The summed E-state index contributed by atoms with van der Waals surface area (Å²) >= 11 is 0. The maximum atomic E-state index is 12.3. The van der Waals surface area contributed by atoms with E-state index in [9.17, 15) is 4.79 Å². The highest BCUT2D eigenvalue weighted by Crippen LogP contribution is 2.27. The monoisotopic (exact) mass is 371 g/mol. The summed E-state index contributed by atoms with van der Waals surface area (Å²) in [5, 5.41) is 6.82. The molecule has 2 aliphatic heterocycles. The molecule has 1 N–H and O–H groups in total. The van der Waals surface area contributed by atoms with Crippen LogP contribution in [0.4, 0.5) is 0 Å². The molecule has 1 fully saturated rings. The topological polar surface area (TPSA) is 83.7 Å². The molecule has 8 heteroatoms. The van der Waals surface area contributed by atoms with Crippen molar-refractivity contribution in [2.45, 2.75) is 26.0 Å². The summed E-state index contributed by atoms with van der Waals surface area (Å²) < 4.78 is 11.0. The number of amides is 1. The SMILES string of the molecule is Cc1noc(CN2CCN(CC(=O)NCC3Cc4ccccc4O3)CC2)n1. The van der Waals surface area contributed by atoms with E-state index in [0.717, 1.165) is 38.3 Å². The largest absolute Gasteiger partial charge is 0.488 e. The van der Waals surface area contributed by atoms with Gasteiger partial charge in [-0.25, -0.2) is 0 Å². The predicted octanol–water partition coefficient (Wildman–Crippen LogP) is 0.616. The Balaban J connectivity index is 1.15. The maximum Gasteiger partial charge on any atom is 0.240 e.